The van der Waals surface area contributed by atoms with Gasteiger partial charge in [-0.2, -0.15) is 0 Å². The summed E-state index contributed by atoms with van der Waals surface area (Å²) in [5, 5.41) is 8.99. The number of nitrogens with zero attached hydrogens (tertiary/aromatic N) is 2. The van der Waals surface area contributed by atoms with Gasteiger partial charge in [0.2, 0.25) is 0 Å². The molecule has 1 heterocycles. The normalized spacial score (nSPS) is 19.3. The molecule has 0 aliphatic carbocycles. The number of halogens is 1. The Morgan fingerprint density at radius 3 is 2.95 bits per heavy atom. The maximum absolute atomic E-state index is 13.8. The van der Waals surface area contributed by atoms with Crippen LogP contribution in [0.25, 0.3) is 0 Å². The third-order valence-corrected chi connectivity index (χ3v) is 4.16. The molecule has 5 heteroatoms. The van der Waals surface area contributed by atoms with Crippen molar-refractivity contribution < 1.29 is 14.3 Å². The van der Waals surface area contributed by atoms with Crippen LogP contribution in [0.15, 0.2) is 18.2 Å². The van der Waals surface area contributed by atoms with Crippen LogP contribution in [0.2, 0.25) is 0 Å². The largest absolute Gasteiger partial charge is 0.478 e. The Hall–Kier alpha value is -1.46. The zero-order valence-corrected chi connectivity index (χ0v) is 12.7. The van der Waals surface area contributed by atoms with E-state index in [-0.39, 0.29) is 11.4 Å². The van der Waals surface area contributed by atoms with Gasteiger partial charge in [0.25, 0.3) is 0 Å². The van der Waals surface area contributed by atoms with Crippen LogP contribution in [0.4, 0.5) is 4.39 Å². The van der Waals surface area contributed by atoms with Crippen LogP contribution in [0.3, 0.4) is 0 Å². The lowest BCUT2D eigenvalue weighted by Gasteiger charge is -2.27. The number of hydrogen-bond acceptors (Lipinski definition) is 3. The molecule has 4 nitrogen and oxygen atoms in total. The van der Waals surface area contributed by atoms with E-state index in [2.05, 4.69) is 16.7 Å². The van der Waals surface area contributed by atoms with Crippen molar-refractivity contribution in [2.75, 3.05) is 26.7 Å². The molecule has 1 aromatic carbocycles. The molecule has 1 aliphatic rings. The Morgan fingerprint density at radius 2 is 2.29 bits per heavy atom. The van der Waals surface area contributed by atoms with Gasteiger partial charge in [-0.3, -0.25) is 4.90 Å². The van der Waals surface area contributed by atoms with Gasteiger partial charge in [-0.1, -0.05) is 6.92 Å². The fourth-order valence-corrected chi connectivity index (χ4v) is 3.06. The second-order valence-corrected chi connectivity index (χ2v) is 5.73. The van der Waals surface area contributed by atoms with Crippen molar-refractivity contribution in [3.05, 3.63) is 35.1 Å². The lowest BCUT2D eigenvalue weighted by molar-refractivity contribution is 0.0696. The Kier molecular flexibility index (Phi) is 5.31. The highest BCUT2D eigenvalue weighted by Gasteiger charge is 2.24. The molecule has 21 heavy (non-hydrogen) atoms. The molecule has 1 aliphatic heterocycles. The second kappa shape index (κ2) is 7.00. The van der Waals surface area contributed by atoms with Gasteiger partial charge in [0, 0.05) is 24.7 Å². The quantitative estimate of drug-likeness (QED) is 0.875. The van der Waals surface area contributed by atoms with Crippen molar-refractivity contribution in [2.24, 2.45) is 0 Å². The van der Waals surface area contributed by atoms with Gasteiger partial charge in [0.15, 0.2) is 0 Å². The number of aromatic carboxylic acids is 1. The molecule has 1 saturated heterocycles. The van der Waals surface area contributed by atoms with Crippen molar-refractivity contribution >= 4 is 5.97 Å². The van der Waals surface area contributed by atoms with Crippen molar-refractivity contribution in [3.8, 4) is 0 Å². The number of likely N-dealkylation sites (tertiary alicyclic amines) is 1. The SMILES string of the molecule is CCN1CCCC1CN(C)Cc1cc(C(=O)O)ccc1F. The topological polar surface area (TPSA) is 43.8 Å². The lowest BCUT2D eigenvalue weighted by Crippen LogP contribution is -2.38. The highest BCUT2D eigenvalue weighted by Crippen LogP contribution is 2.19. The third-order valence-electron chi connectivity index (χ3n) is 4.16. The molecule has 0 amide bonds. The fraction of sp³-hybridized carbons (Fsp3) is 0.562. The van der Waals surface area contributed by atoms with Crippen LogP contribution in [-0.2, 0) is 6.54 Å². The van der Waals surface area contributed by atoms with Gasteiger partial charge >= 0.3 is 5.97 Å². The van der Waals surface area contributed by atoms with Gasteiger partial charge in [0.1, 0.15) is 5.82 Å². The predicted octanol–water partition coefficient (Wildman–Crippen LogP) is 2.44. The molecule has 1 atom stereocenters. The first-order chi connectivity index (χ1) is 10.0. The molecule has 1 N–H and O–H groups in total. The number of carbonyl (C=O) groups is 1. The van der Waals surface area contributed by atoms with E-state index in [0.29, 0.717) is 18.2 Å². The first kappa shape index (κ1) is 15.9. The van der Waals surface area contributed by atoms with Gasteiger partial charge in [-0.05, 0) is 51.2 Å². The van der Waals surface area contributed by atoms with Gasteiger partial charge in [-0.25, -0.2) is 9.18 Å². The molecular weight excluding hydrogens is 271 g/mol. The average molecular weight is 294 g/mol. The lowest BCUT2D eigenvalue weighted by atomic mass is 10.1. The smallest absolute Gasteiger partial charge is 0.335 e. The van der Waals surface area contributed by atoms with Crippen LogP contribution in [0, 0.1) is 5.82 Å². The first-order valence-corrected chi connectivity index (χ1v) is 7.45. The number of hydrogen-bond donors (Lipinski definition) is 1. The van der Waals surface area contributed by atoms with E-state index in [1.54, 1.807) is 0 Å². The number of rotatable bonds is 6. The summed E-state index contributed by atoms with van der Waals surface area (Å²) in [6.45, 7) is 5.65. The Labute approximate surface area is 125 Å². The van der Waals surface area contributed by atoms with Gasteiger partial charge < -0.3 is 10.0 Å². The van der Waals surface area contributed by atoms with Crippen molar-refractivity contribution in [1.29, 1.82) is 0 Å². The van der Waals surface area contributed by atoms with E-state index in [1.807, 2.05) is 7.05 Å². The van der Waals surface area contributed by atoms with Crippen molar-refractivity contribution in [1.82, 2.24) is 9.80 Å². The molecule has 0 radical (unpaired) electrons. The molecular formula is C16H23FN2O2. The third kappa shape index (κ3) is 4.02. The van der Waals surface area contributed by atoms with Crippen LogP contribution in [0.1, 0.15) is 35.7 Å². The standard InChI is InChI=1S/C16H23FN2O2/c1-3-19-8-4-5-14(19)11-18(2)10-13-9-12(16(20)21)6-7-15(13)17/h6-7,9,14H,3-5,8,10-11H2,1-2H3,(H,20,21). The van der Waals surface area contributed by atoms with E-state index in [0.717, 1.165) is 19.6 Å². The number of carboxylic acid groups (broad SMARTS) is 1. The molecule has 116 valence electrons. The highest BCUT2D eigenvalue weighted by molar-refractivity contribution is 5.87. The monoisotopic (exact) mass is 294 g/mol. The van der Waals surface area contributed by atoms with Crippen molar-refractivity contribution in [3.63, 3.8) is 0 Å². The van der Waals surface area contributed by atoms with Crippen LogP contribution >= 0.6 is 0 Å². The zero-order valence-electron chi connectivity index (χ0n) is 12.7. The second-order valence-electron chi connectivity index (χ2n) is 5.73. The van der Waals surface area contributed by atoms with E-state index in [1.165, 1.54) is 31.0 Å². The molecule has 2 rings (SSSR count). The summed E-state index contributed by atoms with van der Waals surface area (Å²) in [4.78, 5) is 15.5. The summed E-state index contributed by atoms with van der Waals surface area (Å²) >= 11 is 0. The summed E-state index contributed by atoms with van der Waals surface area (Å²) in [5.74, 6) is -1.36. The minimum Gasteiger partial charge on any atom is -0.478 e. The molecule has 1 fully saturated rings. The van der Waals surface area contributed by atoms with Gasteiger partial charge in [0.05, 0.1) is 5.56 Å². The molecule has 0 bridgehead atoms. The van der Waals surface area contributed by atoms with Crippen molar-refractivity contribution in [2.45, 2.75) is 32.4 Å². The molecule has 1 unspecified atom stereocenters. The van der Waals surface area contributed by atoms with Crippen LogP contribution in [-0.4, -0.2) is 53.6 Å². The van der Waals surface area contributed by atoms with E-state index in [4.69, 9.17) is 5.11 Å². The van der Waals surface area contributed by atoms with E-state index < -0.39 is 5.97 Å². The predicted molar refractivity (Wildman–Crippen MR) is 80.0 cm³/mol. The summed E-state index contributed by atoms with van der Waals surface area (Å²) < 4.78 is 13.8. The molecule has 0 spiro atoms. The highest BCUT2D eigenvalue weighted by atomic mass is 19.1. The molecule has 0 aromatic heterocycles. The maximum atomic E-state index is 13.8. The first-order valence-electron chi connectivity index (χ1n) is 7.45. The van der Waals surface area contributed by atoms with Gasteiger partial charge in [-0.15, -0.1) is 0 Å². The number of benzene rings is 1. The maximum Gasteiger partial charge on any atom is 0.335 e. The zero-order chi connectivity index (χ0) is 15.4. The summed E-state index contributed by atoms with van der Waals surface area (Å²) in [6.07, 6.45) is 2.39. The minimum atomic E-state index is -1.02. The Bertz CT molecular complexity index is 507. The Balaban J connectivity index is 2.00. The van der Waals surface area contributed by atoms with Crippen LogP contribution < -0.4 is 0 Å². The summed E-state index contributed by atoms with van der Waals surface area (Å²) in [6, 6.07) is 4.49. The molecule has 1 aromatic rings. The minimum absolute atomic E-state index is 0.135. The summed E-state index contributed by atoms with van der Waals surface area (Å²) in [5.41, 5.74) is 0.578. The number of carboxylic acids is 1. The number of likely N-dealkylation sites (N-methyl/N-ethyl adjacent to an activating group) is 2. The fourth-order valence-electron chi connectivity index (χ4n) is 3.06. The van der Waals surface area contributed by atoms with E-state index in [9.17, 15) is 9.18 Å². The summed E-state index contributed by atoms with van der Waals surface area (Å²) in [7, 11) is 1.96. The van der Waals surface area contributed by atoms with E-state index >= 15 is 0 Å². The Morgan fingerprint density at radius 1 is 1.52 bits per heavy atom. The average Bonchev–Trinajstić information content (AvgIpc) is 2.88. The molecule has 0 saturated carbocycles. The van der Waals surface area contributed by atoms with Crippen LogP contribution in [0.5, 0.6) is 0 Å².